The van der Waals surface area contributed by atoms with Gasteiger partial charge >= 0.3 is 5.97 Å². The number of nitrogens with one attached hydrogen (secondary N) is 1. The van der Waals surface area contributed by atoms with Crippen LogP contribution in [0.15, 0.2) is 17.5 Å². The Labute approximate surface area is 164 Å². The van der Waals surface area contributed by atoms with Crippen molar-refractivity contribution in [3.8, 4) is 0 Å². The first-order valence-corrected chi connectivity index (χ1v) is 10.7. The van der Waals surface area contributed by atoms with E-state index in [-0.39, 0.29) is 36.4 Å². The van der Waals surface area contributed by atoms with Gasteiger partial charge in [0.25, 0.3) is 11.8 Å². The van der Waals surface area contributed by atoms with Gasteiger partial charge in [0.05, 0.1) is 10.8 Å². The Morgan fingerprint density at radius 3 is 2.59 bits per heavy atom. The first kappa shape index (κ1) is 19.9. The fourth-order valence-electron chi connectivity index (χ4n) is 3.91. The molecule has 2 amide bonds. The average Bonchev–Trinajstić information content (AvgIpc) is 3.22. The third-order valence-corrected chi connectivity index (χ3v) is 6.51. The number of ether oxygens (including phenoxy) is 1. The summed E-state index contributed by atoms with van der Waals surface area (Å²) in [5.74, 6) is -0.280. The van der Waals surface area contributed by atoms with Crippen LogP contribution in [0.5, 0.6) is 0 Å². The Balaban J connectivity index is 1.38. The van der Waals surface area contributed by atoms with Gasteiger partial charge in [0, 0.05) is 19.1 Å². The van der Waals surface area contributed by atoms with Crippen LogP contribution in [0.2, 0.25) is 0 Å². The quantitative estimate of drug-likeness (QED) is 0.782. The Morgan fingerprint density at radius 1 is 1.19 bits per heavy atom. The second-order valence-corrected chi connectivity index (χ2v) is 8.53. The predicted molar refractivity (Wildman–Crippen MR) is 103 cm³/mol. The largest absolute Gasteiger partial charge is 0.455 e. The zero-order valence-corrected chi connectivity index (χ0v) is 16.6. The SMILES string of the molecule is C[C@@H]1CCCC[C@@H]1NC(=O)COC(=O)C1CCN(C(=O)c2cccs2)CC1. The molecule has 1 aliphatic heterocycles. The number of nitrogens with zero attached hydrogens (tertiary/aromatic N) is 1. The second-order valence-electron chi connectivity index (χ2n) is 7.59. The maximum absolute atomic E-state index is 12.3. The van der Waals surface area contributed by atoms with E-state index >= 15 is 0 Å². The lowest BCUT2D eigenvalue weighted by Crippen LogP contribution is -2.44. The molecular formula is C20H28N2O4S. The Kier molecular flexibility index (Phi) is 6.88. The van der Waals surface area contributed by atoms with Crippen molar-refractivity contribution >= 4 is 29.1 Å². The maximum Gasteiger partial charge on any atom is 0.309 e. The number of piperidine rings is 1. The molecule has 1 aromatic rings. The molecule has 0 radical (unpaired) electrons. The van der Waals surface area contributed by atoms with Crippen LogP contribution in [-0.4, -0.2) is 48.4 Å². The summed E-state index contributed by atoms with van der Waals surface area (Å²) in [5.41, 5.74) is 0. The molecular weight excluding hydrogens is 364 g/mol. The third-order valence-electron chi connectivity index (χ3n) is 5.65. The summed E-state index contributed by atoms with van der Waals surface area (Å²) in [7, 11) is 0. The molecule has 1 saturated carbocycles. The van der Waals surface area contributed by atoms with Crippen molar-refractivity contribution in [2.24, 2.45) is 11.8 Å². The number of carbonyl (C=O) groups is 3. The smallest absolute Gasteiger partial charge is 0.309 e. The van der Waals surface area contributed by atoms with Crippen molar-refractivity contribution in [2.75, 3.05) is 19.7 Å². The number of thiophene rings is 1. The summed E-state index contributed by atoms with van der Waals surface area (Å²) < 4.78 is 5.24. The van der Waals surface area contributed by atoms with E-state index in [1.54, 1.807) is 4.90 Å². The predicted octanol–water partition coefficient (Wildman–Crippen LogP) is 2.84. The highest BCUT2D eigenvalue weighted by Gasteiger charge is 2.30. The van der Waals surface area contributed by atoms with E-state index in [1.807, 2.05) is 17.5 Å². The molecule has 1 aromatic heterocycles. The Bertz CT molecular complexity index is 653. The topological polar surface area (TPSA) is 75.7 Å². The van der Waals surface area contributed by atoms with E-state index in [9.17, 15) is 14.4 Å². The van der Waals surface area contributed by atoms with Gasteiger partial charge in [-0.1, -0.05) is 25.8 Å². The molecule has 7 heteroatoms. The van der Waals surface area contributed by atoms with Gasteiger partial charge < -0.3 is 15.0 Å². The molecule has 0 bridgehead atoms. The zero-order valence-electron chi connectivity index (χ0n) is 15.8. The van der Waals surface area contributed by atoms with Crippen LogP contribution in [0.3, 0.4) is 0 Å². The van der Waals surface area contributed by atoms with Crippen molar-refractivity contribution in [1.82, 2.24) is 10.2 Å². The van der Waals surface area contributed by atoms with Gasteiger partial charge in [0.15, 0.2) is 6.61 Å². The van der Waals surface area contributed by atoms with Crippen molar-refractivity contribution in [3.05, 3.63) is 22.4 Å². The number of esters is 1. The highest BCUT2D eigenvalue weighted by atomic mass is 32.1. The lowest BCUT2D eigenvalue weighted by atomic mass is 9.86. The fourth-order valence-corrected chi connectivity index (χ4v) is 4.60. The molecule has 0 spiro atoms. The molecule has 2 fully saturated rings. The molecule has 27 heavy (non-hydrogen) atoms. The highest BCUT2D eigenvalue weighted by Crippen LogP contribution is 2.24. The molecule has 6 nitrogen and oxygen atoms in total. The number of rotatable bonds is 5. The summed E-state index contributed by atoms with van der Waals surface area (Å²) >= 11 is 1.43. The van der Waals surface area contributed by atoms with Crippen LogP contribution in [0.4, 0.5) is 0 Å². The standard InChI is InChI=1S/C20H28N2O4S/c1-14-5-2-3-6-16(14)21-18(23)13-26-20(25)15-8-10-22(11-9-15)19(24)17-7-4-12-27-17/h4,7,12,14-16H,2-3,5-6,8-11,13H2,1H3,(H,21,23)/t14-,16+/m1/s1. The molecule has 0 aromatic carbocycles. The van der Waals surface area contributed by atoms with Gasteiger partial charge in [0.2, 0.25) is 0 Å². The molecule has 148 valence electrons. The zero-order chi connectivity index (χ0) is 19.2. The minimum absolute atomic E-state index is 0.0257. The molecule has 2 atom stereocenters. The molecule has 1 N–H and O–H groups in total. The summed E-state index contributed by atoms with van der Waals surface area (Å²) in [6.45, 7) is 3.03. The number of hydrogen-bond acceptors (Lipinski definition) is 5. The minimum Gasteiger partial charge on any atom is -0.455 e. The van der Waals surface area contributed by atoms with E-state index in [4.69, 9.17) is 4.74 Å². The highest BCUT2D eigenvalue weighted by molar-refractivity contribution is 7.12. The molecule has 1 aliphatic carbocycles. The molecule has 2 aliphatic rings. The van der Waals surface area contributed by atoms with Crippen LogP contribution >= 0.6 is 11.3 Å². The number of carbonyl (C=O) groups excluding carboxylic acids is 3. The minimum atomic E-state index is -0.329. The summed E-state index contributed by atoms with van der Waals surface area (Å²) in [6.07, 6.45) is 5.65. The van der Waals surface area contributed by atoms with E-state index in [2.05, 4.69) is 12.2 Å². The van der Waals surface area contributed by atoms with E-state index < -0.39 is 0 Å². The van der Waals surface area contributed by atoms with E-state index in [0.717, 1.165) is 24.1 Å². The molecule has 1 saturated heterocycles. The van der Waals surface area contributed by atoms with Gasteiger partial charge in [-0.3, -0.25) is 14.4 Å². The monoisotopic (exact) mass is 392 g/mol. The van der Waals surface area contributed by atoms with Gasteiger partial charge in [-0.25, -0.2) is 0 Å². The molecule has 2 heterocycles. The number of likely N-dealkylation sites (tertiary alicyclic amines) is 1. The lowest BCUT2D eigenvalue weighted by molar-refractivity contribution is -0.154. The van der Waals surface area contributed by atoms with Gasteiger partial charge in [-0.15, -0.1) is 11.3 Å². The first-order valence-electron chi connectivity index (χ1n) is 9.83. The van der Waals surface area contributed by atoms with E-state index in [0.29, 0.717) is 31.8 Å². The van der Waals surface area contributed by atoms with Gasteiger partial charge in [0.1, 0.15) is 0 Å². The fraction of sp³-hybridized carbons (Fsp3) is 0.650. The lowest BCUT2D eigenvalue weighted by Gasteiger charge is -2.31. The third kappa shape index (κ3) is 5.31. The van der Waals surface area contributed by atoms with Crippen molar-refractivity contribution in [3.63, 3.8) is 0 Å². The Hall–Kier alpha value is -1.89. The summed E-state index contributed by atoms with van der Waals surface area (Å²) in [4.78, 5) is 39.2. The normalized spacial score (nSPS) is 23.7. The van der Waals surface area contributed by atoms with Gasteiger partial charge in [-0.05, 0) is 43.0 Å². The average molecular weight is 393 g/mol. The van der Waals surface area contributed by atoms with E-state index in [1.165, 1.54) is 17.8 Å². The second kappa shape index (κ2) is 9.35. The van der Waals surface area contributed by atoms with Crippen molar-refractivity contribution < 1.29 is 19.1 Å². The Morgan fingerprint density at radius 2 is 1.93 bits per heavy atom. The van der Waals surface area contributed by atoms with Crippen molar-refractivity contribution in [1.29, 1.82) is 0 Å². The molecule has 3 rings (SSSR count). The van der Waals surface area contributed by atoms with Crippen LogP contribution in [0.25, 0.3) is 0 Å². The van der Waals surface area contributed by atoms with Crippen LogP contribution in [0.1, 0.15) is 55.1 Å². The number of hydrogen-bond donors (Lipinski definition) is 1. The van der Waals surface area contributed by atoms with Crippen molar-refractivity contribution in [2.45, 2.75) is 51.5 Å². The first-order chi connectivity index (χ1) is 13.0. The summed E-state index contributed by atoms with van der Waals surface area (Å²) in [6, 6.07) is 3.87. The van der Waals surface area contributed by atoms with Crippen LogP contribution in [0, 0.1) is 11.8 Å². The van der Waals surface area contributed by atoms with Crippen LogP contribution in [-0.2, 0) is 14.3 Å². The maximum atomic E-state index is 12.3. The van der Waals surface area contributed by atoms with Crippen LogP contribution < -0.4 is 5.32 Å². The number of amides is 2. The summed E-state index contributed by atoms with van der Waals surface area (Å²) in [5, 5.41) is 4.88. The molecule has 0 unspecified atom stereocenters. The van der Waals surface area contributed by atoms with Gasteiger partial charge in [-0.2, -0.15) is 0 Å².